The lowest BCUT2D eigenvalue weighted by molar-refractivity contribution is 0.0584. The molecule has 4 atom stereocenters. The third kappa shape index (κ3) is 5.10. The molecule has 200 valence electrons. The second-order valence-electron chi connectivity index (χ2n) is 10.6. The van der Waals surface area contributed by atoms with Gasteiger partial charge in [-0.25, -0.2) is 0 Å². The number of aliphatic hydroxyl groups is 1. The molecule has 2 N–H and O–H groups in total. The molecule has 5 rings (SSSR count). The fraction of sp³-hybridized carbons (Fsp3) is 0.467. The van der Waals surface area contributed by atoms with Crippen LogP contribution in [0.1, 0.15) is 71.3 Å². The normalized spacial score (nSPS) is 25.4. The molecule has 2 aromatic rings. The van der Waals surface area contributed by atoms with Crippen molar-refractivity contribution in [3.8, 4) is 0 Å². The van der Waals surface area contributed by atoms with E-state index in [0.717, 1.165) is 30.4 Å². The number of hydrogen-bond donors (Lipinski definition) is 2. The molecule has 2 heterocycles. The summed E-state index contributed by atoms with van der Waals surface area (Å²) in [6.07, 6.45) is 5.59. The summed E-state index contributed by atoms with van der Waals surface area (Å²) in [4.78, 5) is 27.3. The highest BCUT2D eigenvalue weighted by Gasteiger charge is 2.53. The molecule has 0 radical (unpaired) electrons. The average Bonchev–Trinajstić information content (AvgIpc) is 3.37. The van der Waals surface area contributed by atoms with Gasteiger partial charge in [0.2, 0.25) is 0 Å². The zero-order chi connectivity index (χ0) is 26.8. The van der Waals surface area contributed by atoms with E-state index in [1.165, 1.54) is 5.57 Å². The predicted octanol–water partition coefficient (Wildman–Crippen LogP) is 4.89. The molecule has 0 amide bonds. The Labute approximate surface area is 223 Å². The summed E-state index contributed by atoms with van der Waals surface area (Å²) in [6.45, 7) is 2.34. The van der Waals surface area contributed by atoms with Gasteiger partial charge in [-0.15, -0.1) is 0 Å². The number of fused-ring (bicyclic) bond motifs is 4. The van der Waals surface area contributed by atoms with Crippen LogP contribution in [0.25, 0.3) is 6.08 Å². The number of carbonyl (C=O) groups is 2. The molecular formula is C30H35BO7. The van der Waals surface area contributed by atoms with Crippen molar-refractivity contribution in [1.82, 2.24) is 0 Å². The number of aliphatic hydroxyl groups excluding tert-OH is 1. The van der Waals surface area contributed by atoms with Crippen LogP contribution in [-0.2, 0) is 16.0 Å². The van der Waals surface area contributed by atoms with Gasteiger partial charge in [0.25, 0.3) is 0 Å². The third-order valence-corrected chi connectivity index (χ3v) is 8.16. The Morgan fingerprint density at radius 2 is 1.87 bits per heavy atom. The summed E-state index contributed by atoms with van der Waals surface area (Å²) in [5, 5.41) is 20.1. The van der Waals surface area contributed by atoms with Gasteiger partial charge in [-0.3, -0.25) is 9.59 Å². The first-order valence-electron chi connectivity index (χ1n) is 13.6. The van der Waals surface area contributed by atoms with Crippen LogP contribution in [0, 0.1) is 17.8 Å². The first-order valence-corrected chi connectivity index (χ1v) is 13.6. The Balaban J connectivity index is 1.46. The Kier molecular flexibility index (Phi) is 8.14. The Morgan fingerprint density at radius 3 is 2.55 bits per heavy atom. The van der Waals surface area contributed by atoms with Gasteiger partial charge in [-0.1, -0.05) is 43.2 Å². The van der Waals surface area contributed by atoms with E-state index in [0.29, 0.717) is 42.1 Å². The van der Waals surface area contributed by atoms with E-state index in [9.17, 15) is 19.7 Å². The van der Waals surface area contributed by atoms with Gasteiger partial charge in [-0.2, -0.15) is 0 Å². The maximum Gasteiger partial charge on any atom is 0.455 e. The average molecular weight is 518 g/mol. The van der Waals surface area contributed by atoms with Gasteiger partial charge in [0, 0.05) is 30.1 Å². The largest absolute Gasteiger partial charge is 0.459 e. The SMILES string of the molecule is CCC/C(=C\c1ccc(CO)o1)CC[C@H]1OB(O)C[C@H]2C1=C(COC)C[C@H]1C(=O)c3ccccc3C(=O)[C@H]12. The van der Waals surface area contributed by atoms with Crippen LogP contribution in [-0.4, -0.2) is 48.6 Å². The zero-order valence-corrected chi connectivity index (χ0v) is 22.0. The number of ether oxygens (including phenoxy) is 1. The van der Waals surface area contributed by atoms with Crippen molar-refractivity contribution in [3.05, 3.63) is 75.8 Å². The van der Waals surface area contributed by atoms with Crippen molar-refractivity contribution in [2.75, 3.05) is 13.7 Å². The first kappa shape index (κ1) is 26.8. The number of ketones is 2. The molecule has 0 saturated carbocycles. The molecule has 1 fully saturated rings. The first-order chi connectivity index (χ1) is 18.4. The quantitative estimate of drug-likeness (QED) is 0.360. The molecular weight excluding hydrogens is 483 g/mol. The number of hydrogen-bond acceptors (Lipinski definition) is 7. The molecule has 8 heteroatoms. The molecule has 0 bridgehead atoms. The number of allylic oxidation sites excluding steroid dienone is 1. The predicted molar refractivity (Wildman–Crippen MR) is 143 cm³/mol. The molecule has 1 aromatic carbocycles. The number of furan rings is 1. The van der Waals surface area contributed by atoms with Crippen molar-refractivity contribution in [2.24, 2.45) is 17.8 Å². The van der Waals surface area contributed by atoms with Crippen LogP contribution in [0.2, 0.25) is 6.32 Å². The van der Waals surface area contributed by atoms with E-state index in [-0.39, 0.29) is 36.5 Å². The van der Waals surface area contributed by atoms with E-state index in [2.05, 4.69) is 6.92 Å². The topological polar surface area (TPSA) is 106 Å². The van der Waals surface area contributed by atoms with Crippen molar-refractivity contribution >= 4 is 24.8 Å². The minimum atomic E-state index is -1.01. The molecule has 0 spiro atoms. The van der Waals surface area contributed by atoms with Crippen LogP contribution in [0.15, 0.2) is 57.5 Å². The fourth-order valence-corrected chi connectivity index (χ4v) is 6.64. The van der Waals surface area contributed by atoms with Crippen LogP contribution in [0.5, 0.6) is 0 Å². The number of Topliss-reactive ketones (excluding diaryl/α,β-unsaturated/α-hetero) is 2. The summed E-state index contributed by atoms with van der Waals surface area (Å²) in [5.74, 6) is -0.00592. The van der Waals surface area contributed by atoms with E-state index >= 15 is 0 Å². The highest BCUT2D eigenvalue weighted by atomic mass is 16.5. The van der Waals surface area contributed by atoms with E-state index < -0.39 is 19.0 Å². The number of methoxy groups -OCH3 is 1. The standard InChI is InChI=1S/C30H35BO7/c1-3-6-18(13-20-10-11-21(16-32)37-20)9-12-26-27-19(17-36-2)14-24-28(25(27)15-31(35)38-26)30(34)23-8-5-4-7-22(23)29(24)33/h4-5,7-8,10-11,13,24-26,28,32,35H,3,6,9,12,14-17H2,1-2H3/b18-13+/t24-,25+,26-,28-/m1/s1. The Hall–Kier alpha value is -2.78. The van der Waals surface area contributed by atoms with E-state index in [1.54, 1.807) is 37.4 Å². The molecule has 3 aliphatic rings. The van der Waals surface area contributed by atoms with Crippen molar-refractivity contribution in [2.45, 2.75) is 58.1 Å². The highest BCUT2D eigenvalue weighted by molar-refractivity contribution is 6.43. The van der Waals surface area contributed by atoms with E-state index in [4.69, 9.17) is 13.8 Å². The molecule has 1 saturated heterocycles. The minimum absolute atomic E-state index is 0.00393. The molecule has 0 unspecified atom stereocenters. The second kappa shape index (κ2) is 11.5. The molecule has 7 nitrogen and oxygen atoms in total. The van der Waals surface area contributed by atoms with Gasteiger partial charge in [0.1, 0.15) is 18.1 Å². The Morgan fingerprint density at radius 1 is 1.11 bits per heavy atom. The summed E-state index contributed by atoms with van der Waals surface area (Å²) in [5.41, 5.74) is 4.21. The lowest BCUT2D eigenvalue weighted by Gasteiger charge is -2.47. The second-order valence-corrected chi connectivity index (χ2v) is 10.6. The molecule has 38 heavy (non-hydrogen) atoms. The highest BCUT2D eigenvalue weighted by Crippen LogP contribution is 2.51. The molecule has 1 aromatic heterocycles. The summed E-state index contributed by atoms with van der Waals surface area (Å²) >= 11 is 0. The minimum Gasteiger partial charge on any atom is -0.459 e. The van der Waals surface area contributed by atoms with Crippen molar-refractivity contribution in [3.63, 3.8) is 0 Å². The van der Waals surface area contributed by atoms with Crippen LogP contribution < -0.4 is 0 Å². The van der Waals surface area contributed by atoms with Crippen LogP contribution in [0.3, 0.4) is 0 Å². The van der Waals surface area contributed by atoms with Crippen LogP contribution in [0.4, 0.5) is 0 Å². The molecule has 1 aliphatic heterocycles. The van der Waals surface area contributed by atoms with Gasteiger partial charge in [0.05, 0.1) is 12.7 Å². The van der Waals surface area contributed by atoms with Crippen molar-refractivity contribution in [1.29, 1.82) is 0 Å². The van der Waals surface area contributed by atoms with Gasteiger partial charge in [-0.05, 0) is 67.3 Å². The maximum absolute atomic E-state index is 13.7. The number of carbonyl (C=O) groups excluding carboxylic acids is 2. The van der Waals surface area contributed by atoms with Crippen molar-refractivity contribution < 1.29 is 33.5 Å². The van der Waals surface area contributed by atoms with Gasteiger partial charge in [0.15, 0.2) is 11.6 Å². The maximum atomic E-state index is 13.7. The lowest BCUT2D eigenvalue weighted by Crippen LogP contribution is -2.51. The monoisotopic (exact) mass is 518 g/mol. The summed E-state index contributed by atoms with van der Waals surface area (Å²) < 4.78 is 17.3. The summed E-state index contributed by atoms with van der Waals surface area (Å²) in [7, 11) is 0.629. The number of benzene rings is 1. The third-order valence-electron chi connectivity index (χ3n) is 8.16. The summed E-state index contributed by atoms with van der Waals surface area (Å²) in [6, 6.07) is 10.7. The number of rotatable bonds is 9. The van der Waals surface area contributed by atoms with Gasteiger partial charge >= 0.3 is 7.12 Å². The zero-order valence-electron chi connectivity index (χ0n) is 22.0. The molecule has 2 aliphatic carbocycles. The fourth-order valence-electron chi connectivity index (χ4n) is 6.64. The van der Waals surface area contributed by atoms with Crippen LogP contribution >= 0.6 is 0 Å². The lowest BCUT2D eigenvalue weighted by atomic mass is 9.54. The van der Waals surface area contributed by atoms with Gasteiger partial charge < -0.3 is 23.9 Å². The smallest absolute Gasteiger partial charge is 0.455 e. The van der Waals surface area contributed by atoms with E-state index in [1.807, 2.05) is 12.1 Å². The Bertz CT molecular complexity index is 1260.